The van der Waals surface area contributed by atoms with Gasteiger partial charge in [-0.2, -0.15) is 0 Å². The fraction of sp³-hybridized carbons (Fsp3) is 0.929. The molecular formula is C14H30ClN3O. The molecule has 1 fully saturated rings. The van der Waals surface area contributed by atoms with Crippen LogP contribution in [0.1, 0.15) is 33.6 Å². The van der Waals surface area contributed by atoms with Crippen LogP contribution in [0.5, 0.6) is 0 Å². The van der Waals surface area contributed by atoms with Crippen molar-refractivity contribution in [3.05, 3.63) is 0 Å². The minimum atomic E-state index is 0. The van der Waals surface area contributed by atoms with Crippen LogP contribution in [-0.2, 0) is 4.79 Å². The molecule has 0 spiro atoms. The summed E-state index contributed by atoms with van der Waals surface area (Å²) in [6, 6.07) is 0.263. The summed E-state index contributed by atoms with van der Waals surface area (Å²) in [5.74, 6) is 1.45. The van der Waals surface area contributed by atoms with Crippen molar-refractivity contribution in [2.24, 2.45) is 11.8 Å². The van der Waals surface area contributed by atoms with E-state index in [1.807, 2.05) is 7.05 Å². The molecule has 0 aromatic rings. The first-order valence-electron chi connectivity index (χ1n) is 7.19. The van der Waals surface area contributed by atoms with Gasteiger partial charge in [-0.1, -0.05) is 13.8 Å². The monoisotopic (exact) mass is 291 g/mol. The van der Waals surface area contributed by atoms with Crippen molar-refractivity contribution in [2.75, 3.05) is 33.2 Å². The van der Waals surface area contributed by atoms with Gasteiger partial charge in [0.1, 0.15) is 0 Å². The van der Waals surface area contributed by atoms with Crippen molar-refractivity contribution in [2.45, 2.75) is 39.7 Å². The predicted octanol–water partition coefficient (Wildman–Crippen LogP) is 1.50. The van der Waals surface area contributed by atoms with E-state index in [2.05, 4.69) is 36.3 Å². The Balaban J connectivity index is 0.00000324. The highest BCUT2D eigenvalue weighted by Crippen LogP contribution is 2.15. The number of amides is 1. The summed E-state index contributed by atoms with van der Waals surface area (Å²) in [6.07, 6.45) is 2.40. The lowest BCUT2D eigenvalue weighted by Gasteiger charge is -2.31. The maximum Gasteiger partial charge on any atom is 0.234 e. The molecule has 0 aliphatic carbocycles. The summed E-state index contributed by atoms with van der Waals surface area (Å²) in [6.45, 7) is 10.1. The summed E-state index contributed by atoms with van der Waals surface area (Å²) in [4.78, 5) is 14.1. The van der Waals surface area contributed by atoms with E-state index in [1.165, 1.54) is 12.8 Å². The normalized spacial score (nSPS) is 19.0. The molecule has 0 aromatic heterocycles. The minimum Gasteiger partial charge on any atom is -0.352 e. The molecule has 1 aliphatic heterocycles. The molecule has 1 aliphatic rings. The Bertz CT molecular complexity index is 253. The van der Waals surface area contributed by atoms with E-state index in [1.54, 1.807) is 0 Å². The molecule has 1 amide bonds. The molecule has 1 unspecified atom stereocenters. The van der Waals surface area contributed by atoms with Crippen LogP contribution in [0.3, 0.4) is 0 Å². The Hall–Kier alpha value is -0.320. The van der Waals surface area contributed by atoms with Gasteiger partial charge in [0.15, 0.2) is 0 Å². The van der Waals surface area contributed by atoms with Crippen molar-refractivity contribution in [1.82, 2.24) is 15.5 Å². The highest BCUT2D eigenvalue weighted by molar-refractivity contribution is 5.85. The highest BCUT2D eigenvalue weighted by Gasteiger charge is 2.21. The zero-order valence-corrected chi connectivity index (χ0v) is 13.6. The first kappa shape index (κ1) is 18.7. The number of nitrogens with zero attached hydrogens (tertiary/aromatic N) is 1. The Morgan fingerprint density at radius 3 is 2.32 bits per heavy atom. The Morgan fingerprint density at radius 1 is 1.26 bits per heavy atom. The number of nitrogens with one attached hydrogen (secondary N) is 2. The van der Waals surface area contributed by atoms with Crippen LogP contribution in [0, 0.1) is 11.8 Å². The summed E-state index contributed by atoms with van der Waals surface area (Å²) in [5, 5.41) is 6.30. The second kappa shape index (κ2) is 9.56. The quantitative estimate of drug-likeness (QED) is 0.779. The Morgan fingerprint density at radius 2 is 1.84 bits per heavy atom. The van der Waals surface area contributed by atoms with E-state index in [-0.39, 0.29) is 24.4 Å². The maximum absolute atomic E-state index is 11.9. The van der Waals surface area contributed by atoms with Crippen LogP contribution in [-0.4, -0.2) is 50.1 Å². The van der Waals surface area contributed by atoms with E-state index in [0.29, 0.717) is 12.5 Å². The molecular weight excluding hydrogens is 262 g/mol. The van der Waals surface area contributed by atoms with Gasteiger partial charge in [0.05, 0.1) is 6.54 Å². The topological polar surface area (TPSA) is 44.4 Å². The summed E-state index contributed by atoms with van der Waals surface area (Å²) >= 11 is 0. The van der Waals surface area contributed by atoms with Gasteiger partial charge >= 0.3 is 0 Å². The van der Waals surface area contributed by atoms with E-state index < -0.39 is 0 Å². The van der Waals surface area contributed by atoms with Crippen LogP contribution in [0.2, 0.25) is 0 Å². The fourth-order valence-corrected chi connectivity index (χ4v) is 2.31. The summed E-state index contributed by atoms with van der Waals surface area (Å²) in [5.41, 5.74) is 0. The van der Waals surface area contributed by atoms with Gasteiger partial charge in [-0.3, -0.25) is 9.69 Å². The molecule has 0 saturated carbocycles. The Kier molecular flexibility index (Phi) is 9.40. The molecule has 1 rings (SSSR count). The summed E-state index contributed by atoms with van der Waals surface area (Å²) < 4.78 is 0. The van der Waals surface area contributed by atoms with E-state index >= 15 is 0 Å². The van der Waals surface area contributed by atoms with Crippen molar-refractivity contribution in [1.29, 1.82) is 0 Å². The number of likely N-dealkylation sites (tertiary alicyclic amines) is 1. The number of piperidine rings is 1. The van der Waals surface area contributed by atoms with Gasteiger partial charge in [0.25, 0.3) is 0 Å². The standard InChI is InChI=1S/C14H29N3O.ClH/c1-11(2)12(3)16-14(18)10-17-7-5-13(6-8-17)9-15-4;/h11-13,15H,5-10H2,1-4H3,(H,16,18);1H. The van der Waals surface area contributed by atoms with E-state index in [4.69, 9.17) is 0 Å². The molecule has 0 radical (unpaired) electrons. The SMILES string of the molecule is CNCC1CCN(CC(=O)NC(C)C(C)C)CC1.Cl. The number of rotatable bonds is 6. The molecule has 5 heteroatoms. The van der Waals surface area contributed by atoms with Gasteiger partial charge in [-0.25, -0.2) is 0 Å². The molecule has 0 bridgehead atoms. The van der Waals surface area contributed by atoms with Crippen molar-refractivity contribution < 1.29 is 4.79 Å². The molecule has 1 saturated heterocycles. The van der Waals surface area contributed by atoms with Crippen LogP contribution in [0.25, 0.3) is 0 Å². The second-order valence-corrected chi connectivity index (χ2v) is 5.88. The molecule has 114 valence electrons. The lowest BCUT2D eigenvalue weighted by Crippen LogP contribution is -2.45. The van der Waals surface area contributed by atoms with Crippen molar-refractivity contribution in [3.63, 3.8) is 0 Å². The first-order chi connectivity index (χ1) is 8.52. The molecule has 2 N–H and O–H groups in total. The number of hydrogen-bond acceptors (Lipinski definition) is 3. The van der Waals surface area contributed by atoms with Gasteiger partial charge in [-0.05, 0) is 58.3 Å². The van der Waals surface area contributed by atoms with Crippen LogP contribution >= 0.6 is 12.4 Å². The predicted molar refractivity (Wildman–Crippen MR) is 82.8 cm³/mol. The smallest absolute Gasteiger partial charge is 0.234 e. The first-order valence-corrected chi connectivity index (χ1v) is 7.19. The number of halogens is 1. The van der Waals surface area contributed by atoms with Gasteiger partial charge in [0, 0.05) is 6.04 Å². The maximum atomic E-state index is 11.9. The Labute approximate surface area is 124 Å². The van der Waals surface area contributed by atoms with Crippen molar-refractivity contribution >= 4 is 18.3 Å². The lowest BCUT2D eigenvalue weighted by molar-refractivity contribution is -0.123. The molecule has 4 nitrogen and oxygen atoms in total. The van der Waals surface area contributed by atoms with E-state index in [9.17, 15) is 4.79 Å². The zero-order valence-electron chi connectivity index (χ0n) is 12.7. The van der Waals surface area contributed by atoms with Gasteiger partial charge in [-0.15, -0.1) is 12.4 Å². The van der Waals surface area contributed by atoms with Crippen molar-refractivity contribution in [3.8, 4) is 0 Å². The largest absolute Gasteiger partial charge is 0.352 e. The van der Waals surface area contributed by atoms with Gasteiger partial charge < -0.3 is 10.6 Å². The fourth-order valence-electron chi connectivity index (χ4n) is 2.31. The number of carbonyl (C=O) groups is 1. The molecule has 1 heterocycles. The third-order valence-corrected chi connectivity index (χ3v) is 3.96. The van der Waals surface area contributed by atoms with Gasteiger partial charge in [0.2, 0.25) is 5.91 Å². The summed E-state index contributed by atoms with van der Waals surface area (Å²) in [7, 11) is 2.01. The number of carbonyl (C=O) groups excluding carboxylic acids is 1. The zero-order chi connectivity index (χ0) is 13.5. The highest BCUT2D eigenvalue weighted by atomic mass is 35.5. The minimum absolute atomic E-state index is 0. The third kappa shape index (κ3) is 7.14. The third-order valence-electron chi connectivity index (χ3n) is 3.96. The lowest BCUT2D eigenvalue weighted by atomic mass is 9.97. The van der Waals surface area contributed by atoms with Crippen LogP contribution < -0.4 is 10.6 Å². The molecule has 19 heavy (non-hydrogen) atoms. The van der Waals surface area contributed by atoms with Crippen LogP contribution in [0.4, 0.5) is 0 Å². The number of hydrogen-bond donors (Lipinski definition) is 2. The molecule has 0 aromatic carbocycles. The van der Waals surface area contributed by atoms with E-state index in [0.717, 1.165) is 25.6 Å². The van der Waals surface area contributed by atoms with Crippen LogP contribution in [0.15, 0.2) is 0 Å². The average Bonchev–Trinajstić information content (AvgIpc) is 2.31. The molecule has 1 atom stereocenters. The average molecular weight is 292 g/mol. The second-order valence-electron chi connectivity index (χ2n) is 5.88.